The Labute approximate surface area is 121 Å². The minimum absolute atomic E-state index is 0.198. The van der Waals surface area contributed by atoms with Crippen LogP contribution < -0.4 is 5.73 Å². The van der Waals surface area contributed by atoms with E-state index in [1.807, 2.05) is 32.0 Å². The molecule has 1 aromatic carbocycles. The molecule has 0 aliphatic rings. The molecule has 0 spiro atoms. The molecule has 0 aliphatic carbocycles. The summed E-state index contributed by atoms with van der Waals surface area (Å²) in [5.41, 5.74) is 6.49. The summed E-state index contributed by atoms with van der Waals surface area (Å²) < 4.78 is 5.21. The average Bonchev–Trinajstić information content (AvgIpc) is 2.76. The van der Waals surface area contributed by atoms with E-state index in [0.717, 1.165) is 11.3 Å². The Morgan fingerprint density at radius 2 is 2.11 bits per heavy atom. The van der Waals surface area contributed by atoms with Gasteiger partial charge in [-0.25, -0.2) is 0 Å². The summed E-state index contributed by atoms with van der Waals surface area (Å²) >= 11 is 7.76. The van der Waals surface area contributed by atoms with Gasteiger partial charge in [-0.3, -0.25) is 0 Å². The Bertz CT molecular complexity index is 551. The Hall–Kier alpha value is -1.04. The van der Waals surface area contributed by atoms with Crippen molar-refractivity contribution in [3.8, 4) is 11.4 Å². The van der Waals surface area contributed by atoms with E-state index in [1.54, 1.807) is 17.8 Å². The molecule has 0 unspecified atom stereocenters. The van der Waals surface area contributed by atoms with Crippen LogP contribution in [-0.2, 0) is 5.75 Å². The van der Waals surface area contributed by atoms with Crippen LogP contribution in [0.4, 0.5) is 0 Å². The van der Waals surface area contributed by atoms with Gasteiger partial charge in [-0.15, -0.1) is 0 Å². The number of aromatic nitrogens is 2. The van der Waals surface area contributed by atoms with Crippen LogP contribution in [0.3, 0.4) is 0 Å². The molecule has 0 amide bonds. The van der Waals surface area contributed by atoms with Crippen LogP contribution in [0.1, 0.15) is 19.7 Å². The molecule has 0 fully saturated rings. The van der Waals surface area contributed by atoms with Gasteiger partial charge in [0, 0.05) is 16.9 Å². The van der Waals surface area contributed by atoms with Crippen LogP contribution in [0.2, 0.25) is 5.02 Å². The van der Waals surface area contributed by atoms with Crippen LogP contribution in [0.5, 0.6) is 0 Å². The predicted octanol–water partition coefficient (Wildman–Crippen LogP) is 3.36. The molecule has 2 N–H and O–H groups in total. The fraction of sp³-hybridized carbons (Fsp3) is 0.385. The molecule has 0 saturated carbocycles. The van der Waals surface area contributed by atoms with Crippen LogP contribution in [0, 0.1) is 0 Å². The van der Waals surface area contributed by atoms with E-state index in [0.29, 0.717) is 22.5 Å². The van der Waals surface area contributed by atoms with E-state index in [-0.39, 0.29) is 5.54 Å². The standard InChI is InChI=1S/C13H16ClN3OS/c1-13(2,15)8-19-7-11-16-12(17-18-11)9-5-3-4-6-10(9)14/h3-6H,7-8,15H2,1-2H3. The highest BCUT2D eigenvalue weighted by Crippen LogP contribution is 2.25. The van der Waals surface area contributed by atoms with E-state index in [4.69, 9.17) is 21.9 Å². The van der Waals surface area contributed by atoms with Crippen molar-refractivity contribution in [2.75, 3.05) is 5.75 Å². The second kappa shape index (κ2) is 5.94. The predicted molar refractivity (Wildman–Crippen MR) is 79.2 cm³/mol. The largest absolute Gasteiger partial charge is 0.338 e. The summed E-state index contributed by atoms with van der Waals surface area (Å²) in [5, 5.41) is 4.56. The van der Waals surface area contributed by atoms with Gasteiger partial charge in [0.25, 0.3) is 0 Å². The fourth-order valence-electron chi connectivity index (χ4n) is 1.47. The van der Waals surface area contributed by atoms with Gasteiger partial charge in [0.15, 0.2) is 0 Å². The maximum atomic E-state index is 6.09. The Kier molecular flexibility index (Phi) is 4.50. The molecule has 0 bridgehead atoms. The zero-order chi connectivity index (χ0) is 13.9. The van der Waals surface area contributed by atoms with Crippen LogP contribution in [0.25, 0.3) is 11.4 Å². The number of nitrogens with zero attached hydrogens (tertiary/aromatic N) is 2. The molecular weight excluding hydrogens is 282 g/mol. The third-order valence-electron chi connectivity index (χ3n) is 2.28. The first-order valence-electron chi connectivity index (χ1n) is 5.90. The second-order valence-electron chi connectivity index (χ2n) is 4.97. The summed E-state index contributed by atoms with van der Waals surface area (Å²) in [4.78, 5) is 4.34. The van der Waals surface area contributed by atoms with E-state index < -0.39 is 0 Å². The highest BCUT2D eigenvalue weighted by atomic mass is 35.5. The molecule has 19 heavy (non-hydrogen) atoms. The molecule has 2 aromatic rings. The minimum Gasteiger partial charge on any atom is -0.338 e. The van der Waals surface area contributed by atoms with Crippen molar-refractivity contribution in [2.45, 2.75) is 25.1 Å². The van der Waals surface area contributed by atoms with Crippen molar-refractivity contribution in [1.82, 2.24) is 10.1 Å². The lowest BCUT2D eigenvalue weighted by molar-refractivity contribution is 0.391. The summed E-state index contributed by atoms with van der Waals surface area (Å²) in [7, 11) is 0. The first-order valence-corrected chi connectivity index (χ1v) is 7.43. The maximum Gasteiger partial charge on any atom is 0.236 e. The third-order valence-corrected chi connectivity index (χ3v) is 4.01. The number of rotatable bonds is 5. The van der Waals surface area contributed by atoms with Crippen molar-refractivity contribution in [2.24, 2.45) is 5.73 Å². The van der Waals surface area contributed by atoms with Gasteiger partial charge >= 0.3 is 0 Å². The zero-order valence-corrected chi connectivity index (χ0v) is 12.5. The summed E-state index contributed by atoms with van der Waals surface area (Å²) in [5.74, 6) is 2.59. The topological polar surface area (TPSA) is 64.9 Å². The van der Waals surface area contributed by atoms with Crippen molar-refractivity contribution in [3.63, 3.8) is 0 Å². The summed E-state index contributed by atoms with van der Waals surface area (Å²) in [6.45, 7) is 3.98. The molecule has 4 nitrogen and oxygen atoms in total. The smallest absolute Gasteiger partial charge is 0.236 e. The first kappa shape index (κ1) is 14.4. The fourth-order valence-corrected chi connectivity index (χ4v) is 2.61. The highest BCUT2D eigenvalue weighted by molar-refractivity contribution is 7.98. The molecule has 2 rings (SSSR count). The number of thioether (sulfide) groups is 1. The molecule has 0 radical (unpaired) electrons. The number of halogens is 1. The normalized spacial score (nSPS) is 11.8. The van der Waals surface area contributed by atoms with E-state index >= 15 is 0 Å². The quantitative estimate of drug-likeness (QED) is 0.916. The van der Waals surface area contributed by atoms with Crippen molar-refractivity contribution in [3.05, 3.63) is 35.2 Å². The number of hydrogen-bond donors (Lipinski definition) is 1. The van der Waals surface area contributed by atoms with Gasteiger partial charge in [-0.05, 0) is 26.0 Å². The molecule has 102 valence electrons. The van der Waals surface area contributed by atoms with Crippen molar-refractivity contribution in [1.29, 1.82) is 0 Å². The molecule has 0 atom stereocenters. The zero-order valence-electron chi connectivity index (χ0n) is 10.9. The summed E-state index contributed by atoms with van der Waals surface area (Å²) in [6, 6.07) is 7.43. The van der Waals surface area contributed by atoms with Crippen LogP contribution in [0.15, 0.2) is 28.8 Å². The Morgan fingerprint density at radius 3 is 2.79 bits per heavy atom. The lowest BCUT2D eigenvalue weighted by atomic mass is 10.1. The molecule has 1 aromatic heterocycles. The van der Waals surface area contributed by atoms with E-state index in [1.165, 1.54) is 0 Å². The average molecular weight is 298 g/mol. The second-order valence-corrected chi connectivity index (χ2v) is 6.37. The number of hydrogen-bond acceptors (Lipinski definition) is 5. The van der Waals surface area contributed by atoms with Crippen molar-refractivity contribution >= 4 is 23.4 Å². The monoisotopic (exact) mass is 297 g/mol. The summed E-state index contributed by atoms with van der Waals surface area (Å²) in [6.07, 6.45) is 0. The Morgan fingerprint density at radius 1 is 1.37 bits per heavy atom. The maximum absolute atomic E-state index is 6.09. The van der Waals surface area contributed by atoms with Crippen LogP contribution in [-0.4, -0.2) is 21.4 Å². The third kappa shape index (κ3) is 4.23. The lowest BCUT2D eigenvalue weighted by Gasteiger charge is -2.16. The molecule has 0 aliphatic heterocycles. The van der Waals surface area contributed by atoms with Gasteiger partial charge in [0.1, 0.15) is 0 Å². The van der Waals surface area contributed by atoms with Gasteiger partial charge < -0.3 is 10.3 Å². The van der Waals surface area contributed by atoms with Gasteiger partial charge in [0.05, 0.1) is 10.8 Å². The minimum atomic E-state index is -0.198. The van der Waals surface area contributed by atoms with Crippen molar-refractivity contribution < 1.29 is 4.52 Å². The SMILES string of the molecule is CC(C)(N)CSCc1nc(-c2ccccc2Cl)no1. The van der Waals surface area contributed by atoms with Gasteiger partial charge in [-0.2, -0.15) is 16.7 Å². The molecular formula is C13H16ClN3OS. The Balaban J connectivity index is 2.02. The van der Waals surface area contributed by atoms with E-state index in [9.17, 15) is 0 Å². The number of nitrogens with two attached hydrogens (primary N) is 1. The van der Waals surface area contributed by atoms with Gasteiger partial charge in [-0.1, -0.05) is 28.9 Å². The first-order chi connectivity index (χ1) is 8.96. The lowest BCUT2D eigenvalue weighted by Crippen LogP contribution is -2.34. The van der Waals surface area contributed by atoms with Gasteiger partial charge in [0.2, 0.25) is 11.7 Å². The highest BCUT2D eigenvalue weighted by Gasteiger charge is 2.14. The van der Waals surface area contributed by atoms with E-state index in [2.05, 4.69) is 10.1 Å². The van der Waals surface area contributed by atoms with Crippen LogP contribution >= 0.6 is 23.4 Å². The number of benzene rings is 1. The molecule has 6 heteroatoms. The molecule has 1 heterocycles. The molecule has 0 saturated heterocycles.